The number of aryl methyl sites for hydroxylation is 1. The predicted octanol–water partition coefficient (Wildman–Crippen LogP) is 2.86. The van der Waals surface area contributed by atoms with Crippen molar-refractivity contribution in [1.82, 2.24) is 5.01 Å². The first-order valence-electron chi connectivity index (χ1n) is 10.9. The number of amidine groups is 1. The topological polar surface area (TPSA) is 86.1 Å². The number of hydrazone groups is 1. The highest BCUT2D eigenvalue weighted by Gasteiger charge is 2.51. The van der Waals surface area contributed by atoms with Crippen molar-refractivity contribution in [2.45, 2.75) is 84.3 Å². The number of benzene rings is 1. The summed E-state index contributed by atoms with van der Waals surface area (Å²) in [5.74, 6) is 13.4. The van der Waals surface area contributed by atoms with E-state index >= 15 is 0 Å². The fourth-order valence-corrected chi connectivity index (χ4v) is 4.15. The Balaban J connectivity index is 1.72. The molecule has 6 nitrogen and oxygen atoms in total. The lowest BCUT2D eigenvalue weighted by molar-refractivity contribution is 0.00578. The molecule has 7 heteroatoms. The molecule has 4 N–H and O–H groups in total. The molecule has 0 atom stereocenters. The molecule has 2 fully saturated rings. The van der Waals surface area contributed by atoms with Crippen LogP contribution in [-0.4, -0.2) is 35.7 Å². The highest BCUT2D eigenvalue weighted by molar-refractivity contribution is 6.62. The number of nitrogens with two attached hydrogens (primary N) is 2. The van der Waals surface area contributed by atoms with Gasteiger partial charge < -0.3 is 15.2 Å². The van der Waals surface area contributed by atoms with Crippen LogP contribution in [0.3, 0.4) is 0 Å². The summed E-state index contributed by atoms with van der Waals surface area (Å²) in [7, 11) is -0.381. The summed E-state index contributed by atoms with van der Waals surface area (Å²) in [6.07, 6.45) is 7.00. The van der Waals surface area contributed by atoms with Crippen LogP contribution in [0.4, 0.5) is 0 Å². The largest absolute Gasteiger partial charge is 0.494 e. The number of nitrogens with zero attached hydrogens (tertiary/aromatic N) is 2. The number of hydrogen-bond donors (Lipinski definition) is 2. The first-order chi connectivity index (χ1) is 13.6. The van der Waals surface area contributed by atoms with E-state index < -0.39 is 0 Å². The molecule has 1 saturated carbocycles. The minimum absolute atomic E-state index is 0.360. The minimum atomic E-state index is -0.381. The van der Waals surface area contributed by atoms with Crippen molar-refractivity contribution < 1.29 is 9.31 Å². The molecule has 0 aromatic heterocycles. The smallest absolute Gasteiger partial charge is 0.399 e. The Kier molecular flexibility index (Phi) is 6.61. The summed E-state index contributed by atoms with van der Waals surface area (Å²) in [5, 5.41) is 5.77. The Hall–Kier alpha value is -1.57. The van der Waals surface area contributed by atoms with Crippen molar-refractivity contribution in [1.29, 1.82) is 0 Å². The van der Waals surface area contributed by atoms with Crippen LogP contribution >= 0.6 is 0 Å². The van der Waals surface area contributed by atoms with Gasteiger partial charge in [-0.05, 0) is 70.0 Å². The van der Waals surface area contributed by atoms with E-state index in [1.165, 1.54) is 37.7 Å². The van der Waals surface area contributed by atoms with Gasteiger partial charge in [0.25, 0.3) is 0 Å². The first-order valence-corrected chi connectivity index (χ1v) is 10.9. The molecule has 1 aromatic carbocycles. The van der Waals surface area contributed by atoms with Crippen LogP contribution < -0.4 is 17.1 Å². The third-order valence-corrected chi connectivity index (χ3v) is 6.91. The summed E-state index contributed by atoms with van der Waals surface area (Å²) in [6, 6.07) is 6.31. The van der Waals surface area contributed by atoms with Crippen LogP contribution in [0.15, 0.2) is 23.3 Å². The van der Waals surface area contributed by atoms with Crippen molar-refractivity contribution >= 4 is 18.4 Å². The Morgan fingerprint density at radius 2 is 1.76 bits per heavy atom. The fraction of sp³-hybridized carbons (Fsp3) is 0.682. The fourth-order valence-electron chi connectivity index (χ4n) is 4.15. The third-order valence-electron chi connectivity index (χ3n) is 6.91. The highest BCUT2D eigenvalue weighted by Crippen LogP contribution is 2.36. The highest BCUT2D eigenvalue weighted by atomic mass is 16.7. The molecule has 0 radical (unpaired) electrons. The molecule has 1 aliphatic carbocycles. The van der Waals surface area contributed by atoms with Crippen molar-refractivity contribution in [3.05, 3.63) is 29.3 Å². The molecule has 1 aromatic rings. The molecule has 0 unspecified atom stereocenters. The normalized spacial score (nSPS) is 22.1. The molecule has 2 aliphatic rings. The molecular formula is C22H37BN4O2. The van der Waals surface area contributed by atoms with Gasteiger partial charge in [0, 0.05) is 13.0 Å². The maximum absolute atomic E-state index is 6.36. The van der Waals surface area contributed by atoms with Crippen LogP contribution in [-0.2, 0) is 15.7 Å². The molecule has 0 bridgehead atoms. The van der Waals surface area contributed by atoms with E-state index in [0.717, 1.165) is 17.6 Å². The quantitative estimate of drug-likeness (QED) is 0.261. The van der Waals surface area contributed by atoms with Crippen LogP contribution in [0.2, 0.25) is 0 Å². The Morgan fingerprint density at radius 3 is 2.34 bits per heavy atom. The summed E-state index contributed by atoms with van der Waals surface area (Å²) in [4.78, 5) is 0. The number of rotatable bonds is 5. The Bertz CT molecular complexity index is 728. The summed E-state index contributed by atoms with van der Waals surface area (Å²) in [5.41, 5.74) is 2.61. The molecule has 160 valence electrons. The average molecular weight is 400 g/mol. The molecule has 1 heterocycles. The minimum Gasteiger partial charge on any atom is -0.399 e. The molecule has 1 aliphatic heterocycles. The standard InChI is InChI=1S/C22H37BN4O2/c1-16-11-12-19(23-28-21(2,3)22(4,5)29-23)13-18(16)14-20(26-24)27(25)15-17-9-7-6-8-10-17/h11-13,17H,6-10,14-15,24-25H2,1-5H3/b26-20-. The van der Waals surface area contributed by atoms with Gasteiger partial charge in [0.05, 0.1) is 11.2 Å². The zero-order valence-electron chi connectivity index (χ0n) is 18.7. The zero-order valence-corrected chi connectivity index (χ0v) is 18.7. The van der Waals surface area contributed by atoms with Crippen molar-refractivity contribution in [2.24, 2.45) is 22.7 Å². The monoisotopic (exact) mass is 400 g/mol. The predicted molar refractivity (Wildman–Crippen MR) is 120 cm³/mol. The lowest BCUT2D eigenvalue weighted by Crippen LogP contribution is -2.43. The van der Waals surface area contributed by atoms with Gasteiger partial charge in [-0.2, -0.15) is 5.10 Å². The van der Waals surface area contributed by atoms with Gasteiger partial charge in [0.2, 0.25) is 0 Å². The molecule has 0 spiro atoms. The first kappa shape index (κ1) is 22.1. The second-order valence-corrected chi connectivity index (χ2v) is 9.65. The van der Waals surface area contributed by atoms with Crippen molar-refractivity contribution in [2.75, 3.05) is 6.54 Å². The van der Waals surface area contributed by atoms with Gasteiger partial charge >= 0.3 is 7.12 Å². The maximum atomic E-state index is 6.36. The van der Waals surface area contributed by atoms with Crippen LogP contribution in [0.5, 0.6) is 0 Å². The van der Waals surface area contributed by atoms with Crippen LogP contribution in [0, 0.1) is 12.8 Å². The second-order valence-electron chi connectivity index (χ2n) is 9.65. The van der Waals surface area contributed by atoms with E-state index in [1.54, 1.807) is 5.01 Å². The molecule has 0 amide bonds. The van der Waals surface area contributed by atoms with Crippen LogP contribution in [0.1, 0.15) is 70.9 Å². The van der Waals surface area contributed by atoms with Gasteiger partial charge in [-0.3, -0.25) is 5.01 Å². The van der Waals surface area contributed by atoms with Gasteiger partial charge in [-0.15, -0.1) is 0 Å². The lowest BCUT2D eigenvalue weighted by atomic mass is 9.77. The average Bonchev–Trinajstić information content (AvgIpc) is 2.89. The third kappa shape index (κ3) is 4.96. The molecule has 3 rings (SSSR count). The second kappa shape index (κ2) is 8.66. The molecule has 29 heavy (non-hydrogen) atoms. The lowest BCUT2D eigenvalue weighted by Gasteiger charge is -2.32. The molecular weight excluding hydrogens is 363 g/mol. The van der Waals surface area contributed by atoms with Gasteiger partial charge in [0.1, 0.15) is 5.84 Å². The van der Waals surface area contributed by atoms with E-state index in [1.807, 2.05) is 0 Å². The van der Waals surface area contributed by atoms with E-state index in [2.05, 4.69) is 57.9 Å². The van der Waals surface area contributed by atoms with E-state index in [4.69, 9.17) is 21.0 Å². The number of hydrogen-bond acceptors (Lipinski definition) is 5. The summed E-state index contributed by atoms with van der Waals surface area (Å²) < 4.78 is 12.4. The van der Waals surface area contributed by atoms with Crippen LogP contribution in [0.25, 0.3) is 0 Å². The van der Waals surface area contributed by atoms with E-state index in [9.17, 15) is 0 Å². The Morgan fingerprint density at radius 1 is 1.14 bits per heavy atom. The summed E-state index contributed by atoms with van der Waals surface area (Å²) in [6.45, 7) is 11.2. The van der Waals surface area contributed by atoms with E-state index in [0.29, 0.717) is 18.2 Å². The molecule has 1 saturated heterocycles. The van der Waals surface area contributed by atoms with E-state index in [-0.39, 0.29) is 18.3 Å². The van der Waals surface area contributed by atoms with Gasteiger partial charge in [-0.25, -0.2) is 5.84 Å². The van der Waals surface area contributed by atoms with Crippen molar-refractivity contribution in [3.63, 3.8) is 0 Å². The number of hydrazine groups is 1. The zero-order chi connectivity index (χ0) is 21.2. The van der Waals surface area contributed by atoms with Crippen molar-refractivity contribution in [3.8, 4) is 0 Å². The summed E-state index contributed by atoms with van der Waals surface area (Å²) >= 11 is 0. The maximum Gasteiger partial charge on any atom is 0.494 e. The van der Waals surface area contributed by atoms with Gasteiger partial charge in [0.15, 0.2) is 0 Å². The Labute approximate surface area is 176 Å². The SMILES string of the molecule is Cc1ccc(B2OC(C)(C)C(C)(C)O2)cc1C/C(=N/N)N(N)CC1CCCCC1. The van der Waals surface area contributed by atoms with Gasteiger partial charge in [-0.1, -0.05) is 37.5 Å².